The van der Waals surface area contributed by atoms with E-state index in [1.807, 2.05) is 11.8 Å². The number of likely N-dealkylation sites (N-methyl/N-ethyl adjacent to an activating group) is 1. The number of halogens is 1. The molecule has 0 spiro atoms. The van der Waals surface area contributed by atoms with Crippen LogP contribution in [-0.2, 0) is 4.74 Å². The largest absolute Gasteiger partial charge is 0.383 e. The van der Waals surface area contributed by atoms with Gasteiger partial charge in [0.05, 0.1) is 6.61 Å². The second kappa shape index (κ2) is 6.96. The molecule has 0 amide bonds. The minimum Gasteiger partial charge on any atom is -0.383 e. The number of alkyl halides is 1. The molecule has 0 aromatic carbocycles. The highest BCUT2D eigenvalue weighted by atomic mass is 19.1. The summed E-state index contributed by atoms with van der Waals surface area (Å²) in [5, 5.41) is 0. The van der Waals surface area contributed by atoms with Gasteiger partial charge >= 0.3 is 0 Å². The summed E-state index contributed by atoms with van der Waals surface area (Å²) >= 11 is 0. The third-order valence-corrected chi connectivity index (χ3v) is 1.46. The van der Waals surface area contributed by atoms with Crippen LogP contribution in [0.25, 0.3) is 0 Å². The molecule has 0 saturated heterocycles. The topological polar surface area (TPSA) is 12.5 Å². The zero-order valence-electron chi connectivity index (χ0n) is 6.77. The lowest BCUT2D eigenvalue weighted by Crippen LogP contribution is -2.29. The van der Waals surface area contributed by atoms with Gasteiger partial charge in [0, 0.05) is 20.2 Å². The van der Waals surface area contributed by atoms with Gasteiger partial charge in [0.25, 0.3) is 0 Å². The van der Waals surface area contributed by atoms with Crippen molar-refractivity contribution in [1.29, 1.82) is 0 Å². The zero-order chi connectivity index (χ0) is 7.82. The van der Waals surface area contributed by atoms with Crippen molar-refractivity contribution in [3.63, 3.8) is 0 Å². The average Bonchev–Trinajstić information content (AvgIpc) is 1.98. The molecular formula is C7H16FNO. The third kappa shape index (κ3) is 4.70. The van der Waals surface area contributed by atoms with Gasteiger partial charge in [0.2, 0.25) is 0 Å². The Morgan fingerprint density at radius 2 is 2.10 bits per heavy atom. The van der Waals surface area contributed by atoms with E-state index in [0.717, 1.165) is 13.1 Å². The fraction of sp³-hybridized carbons (Fsp3) is 1.00. The normalized spacial score (nSPS) is 10.8. The summed E-state index contributed by atoms with van der Waals surface area (Å²) in [6.07, 6.45) is 0. The van der Waals surface area contributed by atoms with Gasteiger partial charge in [0.1, 0.15) is 6.67 Å². The van der Waals surface area contributed by atoms with E-state index in [-0.39, 0.29) is 6.67 Å². The smallest absolute Gasteiger partial charge is 0.102 e. The molecule has 0 saturated carbocycles. The number of rotatable bonds is 6. The molecule has 3 heteroatoms. The van der Waals surface area contributed by atoms with Crippen molar-refractivity contribution in [3.8, 4) is 0 Å². The summed E-state index contributed by atoms with van der Waals surface area (Å²) in [6, 6.07) is 0. The molecule has 0 fully saturated rings. The molecule has 62 valence electrons. The van der Waals surface area contributed by atoms with Crippen molar-refractivity contribution in [1.82, 2.24) is 4.90 Å². The Kier molecular flexibility index (Phi) is 6.86. The molecule has 0 radical (unpaired) electrons. The van der Waals surface area contributed by atoms with Crippen molar-refractivity contribution in [2.45, 2.75) is 6.92 Å². The van der Waals surface area contributed by atoms with E-state index in [0.29, 0.717) is 13.2 Å². The average molecular weight is 149 g/mol. The van der Waals surface area contributed by atoms with E-state index in [2.05, 4.69) is 0 Å². The van der Waals surface area contributed by atoms with Crippen LogP contribution in [0.3, 0.4) is 0 Å². The minimum absolute atomic E-state index is 0.266. The van der Waals surface area contributed by atoms with Crippen LogP contribution in [0.2, 0.25) is 0 Å². The lowest BCUT2D eigenvalue weighted by atomic mass is 10.5. The van der Waals surface area contributed by atoms with Crippen molar-refractivity contribution in [2.75, 3.05) is 40.0 Å². The molecule has 0 aromatic rings. The summed E-state index contributed by atoms with van der Waals surface area (Å²) in [5.41, 5.74) is 0. The quantitative estimate of drug-likeness (QED) is 0.557. The van der Waals surface area contributed by atoms with E-state index >= 15 is 0 Å². The van der Waals surface area contributed by atoms with Crippen LogP contribution >= 0.6 is 0 Å². The van der Waals surface area contributed by atoms with E-state index in [1.165, 1.54) is 0 Å². The minimum atomic E-state index is -0.266. The maximum atomic E-state index is 11.8. The zero-order valence-corrected chi connectivity index (χ0v) is 6.77. The molecule has 0 N–H and O–H groups in total. The number of hydrogen-bond acceptors (Lipinski definition) is 2. The Morgan fingerprint density at radius 1 is 1.40 bits per heavy atom. The van der Waals surface area contributed by atoms with Crippen LogP contribution in [0.4, 0.5) is 4.39 Å². The highest BCUT2D eigenvalue weighted by Gasteiger charge is 1.98. The van der Waals surface area contributed by atoms with Gasteiger partial charge in [-0.3, -0.25) is 4.90 Å². The van der Waals surface area contributed by atoms with Gasteiger partial charge < -0.3 is 4.74 Å². The maximum Gasteiger partial charge on any atom is 0.102 e. The fourth-order valence-corrected chi connectivity index (χ4v) is 0.768. The first-order valence-corrected chi connectivity index (χ1v) is 3.62. The van der Waals surface area contributed by atoms with Gasteiger partial charge in [-0.05, 0) is 6.54 Å². The molecule has 0 heterocycles. The maximum absolute atomic E-state index is 11.8. The van der Waals surface area contributed by atoms with Crippen LogP contribution in [0.1, 0.15) is 6.92 Å². The van der Waals surface area contributed by atoms with Crippen LogP contribution in [0, 0.1) is 0 Å². The lowest BCUT2D eigenvalue weighted by Gasteiger charge is -2.17. The molecule has 0 aliphatic rings. The van der Waals surface area contributed by atoms with Crippen molar-refractivity contribution < 1.29 is 9.13 Å². The van der Waals surface area contributed by atoms with E-state index in [9.17, 15) is 4.39 Å². The first kappa shape index (κ1) is 9.85. The predicted octanol–water partition coefficient (Wildman–Crippen LogP) is 0.924. The molecule has 0 unspecified atom stereocenters. The number of methoxy groups -OCH3 is 1. The third-order valence-electron chi connectivity index (χ3n) is 1.46. The Bertz CT molecular complexity index is 70.6. The molecule has 0 aliphatic heterocycles. The number of nitrogens with zero attached hydrogens (tertiary/aromatic N) is 1. The summed E-state index contributed by atoms with van der Waals surface area (Å²) in [6.45, 7) is 4.70. The second-order valence-corrected chi connectivity index (χ2v) is 2.12. The first-order chi connectivity index (χ1) is 4.85. The molecule has 0 bridgehead atoms. The Balaban J connectivity index is 3.21. The standard InChI is InChI=1S/C7H16FNO/c1-3-9(5-4-8)6-7-10-2/h3-7H2,1-2H3. The molecule has 0 aliphatic carbocycles. The SMILES string of the molecule is CCN(CCF)CCOC. The Morgan fingerprint density at radius 3 is 2.50 bits per heavy atom. The van der Waals surface area contributed by atoms with E-state index in [1.54, 1.807) is 7.11 Å². The van der Waals surface area contributed by atoms with Crippen molar-refractivity contribution in [3.05, 3.63) is 0 Å². The Labute approximate surface area is 62.0 Å². The molecule has 10 heavy (non-hydrogen) atoms. The van der Waals surface area contributed by atoms with E-state index in [4.69, 9.17) is 4.74 Å². The summed E-state index contributed by atoms with van der Waals surface area (Å²) < 4.78 is 16.6. The molecule has 0 aromatic heterocycles. The summed E-state index contributed by atoms with van der Waals surface area (Å²) in [5.74, 6) is 0. The van der Waals surface area contributed by atoms with Crippen molar-refractivity contribution in [2.24, 2.45) is 0 Å². The van der Waals surface area contributed by atoms with Gasteiger partial charge in [-0.15, -0.1) is 0 Å². The highest BCUT2D eigenvalue weighted by Crippen LogP contribution is 1.86. The highest BCUT2D eigenvalue weighted by molar-refractivity contribution is 4.52. The predicted molar refractivity (Wildman–Crippen MR) is 40.0 cm³/mol. The monoisotopic (exact) mass is 149 g/mol. The molecule has 0 rings (SSSR count). The first-order valence-electron chi connectivity index (χ1n) is 3.62. The Hall–Kier alpha value is -0.150. The molecular weight excluding hydrogens is 133 g/mol. The van der Waals surface area contributed by atoms with Crippen LogP contribution < -0.4 is 0 Å². The second-order valence-electron chi connectivity index (χ2n) is 2.12. The van der Waals surface area contributed by atoms with E-state index < -0.39 is 0 Å². The van der Waals surface area contributed by atoms with Gasteiger partial charge in [-0.2, -0.15) is 0 Å². The summed E-state index contributed by atoms with van der Waals surface area (Å²) in [7, 11) is 1.66. The van der Waals surface area contributed by atoms with Crippen molar-refractivity contribution >= 4 is 0 Å². The molecule has 2 nitrogen and oxygen atoms in total. The number of hydrogen-bond donors (Lipinski definition) is 0. The van der Waals surface area contributed by atoms with Crippen LogP contribution in [0.5, 0.6) is 0 Å². The van der Waals surface area contributed by atoms with Crippen LogP contribution in [-0.4, -0.2) is 44.9 Å². The van der Waals surface area contributed by atoms with Gasteiger partial charge in [-0.1, -0.05) is 6.92 Å². The summed E-state index contributed by atoms with van der Waals surface area (Å²) in [4.78, 5) is 2.02. The number of ether oxygens (including phenoxy) is 1. The van der Waals surface area contributed by atoms with Gasteiger partial charge in [0.15, 0.2) is 0 Å². The van der Waals surface area contributed by atoms with Gasteiger partial charge in [-0.25, -0.2) is 4.39 Å². The lowest BCUT2D eigenvalue weighted by molar-refractivity contribution is 0.146. The van der Waals surface area contributed by atoms with Crippen LogP contribution in [0.15, 0.2) is 0 Å². The molecule has 0 atom stereocenters. The fourth-order valence-electron chi connectivity index (χ4n) is 0.768.